The lowest BCUT2D eigenvalue weighted by molar-refractivity contribution is -0.120. The third-order valence-corrected chi connectivity index (χ3v) is 6.66. The van der Waals surface area contributed by atoms with Gasteiger partial charge in [-0.3, -0.25) is 4.79 Å². The molecule has 3 aliphatic rings. The van der Waals surface area contributed by atoms with Crippen LogP contribution in [0, 0.1) is 0 Å². The van der Waals surface area contributed by atoms with Crippen molar-refractivity contribution >= 4 is 17.5 Å². The molecule has 0 radical (unpaired) electrons. The molecule has 0 aliphatic carbocycles. The van der Waals surface area contributed by atoms with E-state index < -0.39 is 23.1 Å². The lowest BCUT2D eigenvalue weighted by atomic mass is 9.62. The third-order valence-electron chi connectivity index (χ3n) is 6.66. The van der Waals surface area contributed by atoms with Gasteiger partial charge in [-0.1, -0.05) is 19.1 Å². The molecule has 1 aromatic heterocycles. The normalized spacial score (nSPS) is 25.4. The summed E-state index contributed by atoms with van der Waals surface area (Å²) in [5.74, 6) is -0.299. The van der Waals surface area contributed by atoms with Gasteiger partial charge in [-0.05, 0) is 44.0 Å². The molecule has 0 saturated heterocycles. The van der Waals surface area contributed by atoms with E-state index in [-0.39, 0.29) is 5.91 Å². The van der Waals surface area contributed by atoms with Crippen LogP contribution in [-0.2, 0) is 10.2 Å². The highest BCUT2D eigenvalue weighted by atomic mass is 19.1. The molecule has 2 N–H and O–H groups in total. The van der Waals surface area contributed by atoms with E-state index in [1.807, 2.05) is 57.0 Å². The first-order chi connectivity index (χ1) is 15.8. The Bertz CT molecular complexity index is 1220. The Morgan fingerprint density at radius 1 is 1.21 bits per heavy atom. The SMILES string of the molecule is CC[C@@]1(c2cccc(N(C)c3ncccn3)c2)C2=C(CC(C)(C)NC2=O)NC2N=NC(F)=C21. The van der Waals surface area contributed by atoms with Crippen molar-refractivity contribution in [1.82, 2.24) is 20.6 Å². The number of carbonyl (C=O) groups excluding carboxylic acids is 1. The van der Waals surface area contributed by atoms with Crippen LogP contribution in [0.15, 0.2) is 75.7 Å². The van der Waals surface area contributed by atoms with Crippen LogP contribution in [0.1, 0.15) is 39.2 Å². The van der Waals surface area contributed by atoms with E-state index in [0.717, 1.165) is 16.9 Å². The quantitative estimate of drug-likeness (QED) is 0.691. The molecule has 0 bridgehead atoms. The van der Waals surface area contributed by atoms with Crippen LogP contribution in [0.5, 0.6) is 0 Å². The third kappa shape index (κ3) is 3.21. The van der Waals surface area contributed by atoms with Crippen LogP contribution in [0.3, 0.4) is 0 Å². The average Bonchev–Trinajstić information content (AvgIpc) is 3.17. The van der Waals surface area contributed by atoms with Crippen LogP contribution < -0.4 is 15.5 Å². The van der Waals surface area contributed by atoms with Crippen molar-refractivity contribution in [2.45, 2.75) is 50.7 Å². The Labute approximate surface area is 191 Å². The van der Waals surface area contributed by atoms with E-state index in [4.69, 9.17) is 0 Å². The summed E-state index contributed by atoms with van der Waals surface area (Å²) in [5, 5.41) is 14.3. The second kappa shape index (κ2) is 7.47. The van der Waals surface area contributed by atoms with Crippen molar-refractivity contribution in [3.05, 3.63) is 71.1 Å². The van der Waals surface area contributed by atoms with E-state index in [1.165, 1.54) is 0 Å². The number of rotatable bonds is 4. The fourth-order valence-corrected chi connectivity index (χ4v) is 5.23. The molecule has 0 spiro atoms. The zero-order valence-electron chi connectivity index (χ0n) is 19.1. The minimum atomic E-state index is -1.01. The topological polar surface area (TPSA) is 94.9 Å². The zero-order chi connectivity index (χ0) is 23.4. The molecule has 2 atom stereocenters. The number of nitrogens with zero attached hydrogens (tertiary/aromatic N) is 5. The van der Waals surface area contributed by atoms with Gasteiger partial charge in [-0.15, -0.1) is 5.11 Å². The van der Waals surface area contributed by atoms with Crippen molar-refractivity contribution in [3.8, 4) is 0 Å². The Hall–Kier alpha value is -3.62. The van der Waals surface area contributed by atoms with Gasteiger partial charge >= 0.3 is 0 Å². The zero-order valence-corrected chi connectivity index (χ0v) is 19.1. The smallest absolute Gasteiger partial charge is 0.250 e. The Morgan fingerprint density at radius 3 is 2.70 bits per heavy atom. The molecule has 9 heteroatoms. The first kappa shape index (κ1) is 21.2. The molecule has 0 fully saturated rings. The summed E-state index contributed by atoms with van der Waals surface area (Å²) < 4.78 is 15.2. The average molecular weight is 448 g/mol. The molecule has 3 aliphatic heterocycles. The van der Waals surface area contributed by atoms with Gasteiger partial charge in [0, 0.05) is 48.4 Å². The molecule has 5 rings (SSSR count). The van der Waals surface area contributed by atoms with Gasteiger partial charge in [-0.2, -0.15) is 9.50 Å². The summed E-state index contributed by atoms with van der Waals surface area (Å²) in [7, 11) is 1.87. The summed E-state index contributed by atoms with van der Waals surface area (Å²) in [5.41, 5.74) is 1.91. The molecule has 1 aromatic carbocycles. The number of azo groups is 1. The molecule has 8 nitrogen and oxygen atoms in total. The molecule has 2 aromatic rings. The van der Waals surface area contributed by atoms with Crippen molar-refractivity contribution in [2.24, 2.45) is 10.2 Å². The largest absolute Gasteiger partial charge is 0.362 e. The predicted octanol–water partition coefficient (Wildman–Crippen LogP) is 4.02. The van der Waals surface area contributed by atoms with Gasteiger partial charge < -0.3 is 15.5 Å². The molecular formula is C24H26FN7O. The number of nitrogens with one attached hydrogen (secondary N) is 2. The second-order valence-corrected chi connectivity index (χ2v) is 9.25. The van der Waals surface area contributed by atoms with Crippen LogP contribution in [-0.4, -0.2) is 34.6 Å². The van der Waals surface area contributed by atoms with Crippen molar-refractivity contribution in [3.63, 3.8) is 0 Å². The number of hydrogen-bond acceptors (Lipinski definition) is 7. The lowest BCUT2D eigenvalue weighted by Crippen LogP contribution is -2.58. The molecule has 33 heavy (non-hydrogen) atoms. The van der Waals surface area contributed by atoms with E-state index >= 15 is 4.39 Å². The summed E-state index contributed by atoms with van der Waals surface area (Å²) in [6.45, 7) is 5.92. The number of aromatic nitrogens is 2. The van der Waals surface area contributed by atoms with Crippen molar-refractivity contribution < 1.29 is 9.18 Å². The highest BCUT2D eigenvalue weighted by Crippen LogP contribution is 2.53. The first-order valence-corrected chi connectivity index (χ1v) is 11.0. The van der Waals surface area contributed by atoms with Crippen molar-refractivity contribution in [1.29, 1.82) is 0 Å². The maximum Gasteiger partial charge on any atom is 0.250 e. The van der Waals surface area contributed by atoms with Crippen molar-refractivity contribution in [2.75, 3.05) is 11.9 Å². The van der Waals surface area contributed by atoms with E-state index in [2.05, 4.69) is 30.8 Å². The first-order valence-electron chi connectivity index (χ1n) is 11.0. The maximum atomic E-state index is 15.2. The van der Waals surface area contributed by atoms with Gasteiger partial charge in [0.2, 0.25) is 11.9 Å². The number of benzene rings is 1. The molecule has 1 unspecified atom stereocenters. The highest BCUT2D eigenvalue weighted by Gasteiger charge is 2.55. The summed E-state index contributed by atoms with van der Waals surface area (Å²) in [4.78, 5) is 24.0. The number of halogens is 1. The van der Waals surface area contributed by atoms with E-state index in [1.54, 1.807) is 18.5 Å². The number of amides is 1. The van der Waals surface area contributed by atoms with E-state index in [0.29, 0.717) is 29.9 Å². The fourth-order valence-electron chi connectivity index (χ4n) is 5.23. The molecular weight excluding hydrogens is 421 g/mol. The summed E-state index contributed by atoms with van der Waals surface area (Å²) in [6, 6.07) is 9.51. The van der Waals surface area contributed by atoms with Gasteiger partial charge in [0.05, 0.1) is 11.0 Å². The molecule has 4 heterocycles. The Kier molecular flexibility index (Phi) is 4.81. The molecule has 170 valence electrons. The predicted molar refractivity (Wildman–Crippen MR) is 122 cm³/mol. The number of fused-ring (bicyclic) bond motifs is 1. The number of hydrogen-bond donors (Lipinski definition) is 2. The van der Waals surface area contributed by atoms with E-state index in [9.17, 15) is 4.79 Å². The fraction of sp³-hybridized carbons (Fsp3) is 0.375. The highest BCUT2D eigenvalue weighted by molar-refractivity contribution is 6.00. The van der Waals surface area contributed by atoms with Gasteiger partial charge in [0.1, 0.15) is 0 Å². The van der Waals surface area contributed by atoms with Crippen LogP contribution in [0.4, 0.5) is 16.0 Å². The number of anilines is 2. The van der Waals surface area contributed by atoms with Gasteiger partial charge in [0.15, 0.2) is 6.17 Å². The minimum Gasteiger partial charge on any atom is -0.362 e. The van der Waals surface area contributed by atoms with Crippen LogP contribution in [0.25, 0.3) is 0 Å². The molecule has 1 amide bonds. The lowest BCUT2D eigenvalue weighted by Gasteiger charge is -2.48. The summed E-state index contributed by atoms with van der Waals surface area (Å²) >= 11 is 0. The van der Waals surface area contributed by atoms with Gasteiger partial charge in [0.25, 0.3) is 5.91 Å². The Morgan fingerprint density at radius 2 is 1.97 bits per heavy atom. The van der Waals surface area contributed by atoms with Gasteiger partial charge in [-0.25, -0.2) is 9.97 Å². The maximum absolute atomic E-state index is 15.2. The summed E-state index contributed by atoms with van der Waals surface area (Å²) in [6.07, 6.45) is 3.79. The number of carbonyl (C=O) groups is 1. The van der Waals surface area contributed by atoms with Crippen LogP contribution >= 0.6 is 0 Å². The molecule has 0 saturated carbocycles. The van der Waals surface area contributed by atoms with Crippen LogP contribution in [0.2, 0.25) is 0 Å². The second-order valence-electron chi connectivity index (χ2n) is 9.25. The Balaban J connectivity index is 1.72. The minimum absolute atomic E-state index is 0.202. The standard InChI is InChI=1S/C24H26FN7O/c1-5-24(14-8-6-9-15(12-14)32(4)22-26-10-7-11-27-22)17-16(13-23(2,3)29-21(17)33)28-20-18(24)19(25)30-31-20/h6-12,20,28H,5,13H2,1-4H3,(H,29,33)/t20?,24-/m1/s1. The monoisotopic (exact) mass is 447 g/mol.